The zero-order valence-electron chi connectivity index (χ0n) is 10.2. The van der Waals surface area contributed by atoms with Gasteiger partial charge in [-0.25, -0.2) is 0 Å². The number of amides is 1. The van der Waals surface area contributed by atoms with Crippen LogP contribution in [0.1, 0.15) is 33.3 Å². The van der Waals surface area contributed by atoms with Crippen molar-refractivity contribution < 1.29 is 4.79 Å². The summed E-state index contributed by atoms with van der Waals surface area (Å²) in [6.07, 6.45) is 0. The summed E-state index contributed by atoms with van der Waals surface area (Å²) < 4.78 is 0. The van der Waals surface area contributed by atoms with E-state index in [4.69, 9.17) is 5.73 Å². The molecule has 8 heteroatoms. The van der Waals surface area contributed by atoms with Gasteiger partial charge in [0.1, 0.15) is 0 Å². The standard InChI is InChI=1S/C11H12N6OS/c1-7(10-14-16-17-15-10)13-11(18)9-5-4-8(19-9)3-2-6-12/h4-5,7H,6,12H2,1H3,(H,13,18)(H,14,15,16,17). The maximum atomic E-state index is 12.0. The normalized spacial score (nSPS) is 11.5. The highest BCUT2D eigenvalue weighted by atomic mass is 32.1. The van der Waals surface area contributed by atoms with Crippen LogP contribution in [0.3, 0.4) is 0 Å². The number of H-pyrrole nitrogens is 1. The van der Waals surface area contributed by atoms with Crippen molar-refractivity contribution in [3.63, 3.8) is 0 Å². The summed E-state index contributed by atoms with van der Waals surface area (Å²) in [4.78, 5) is 13.4. The van der Waals surface area contributed by atoms with Gasteiger partial charge in [0.15, 0.2) is 5.82 Å². The summed E-state index contributed by atoms with van der Waals surface area (Å²) in [6, 6.07) is 3.21. The Morgan fingerprint density at radius 2 is 2.47 bits per heavy atom. The molecule has 0 saturated carbocycles. The van der Waals surface area contributed by atoms with Crippen LogP contribution in [-0.2, 0) is 0 Å². The van der Waals surface area contributed by atoms with Gasteiger partial charge in [-0.3, -0.25) is 4.79 Å². The highest BCUT2D eigenvalue weighted by molar-refractivity contribution is 7.14. The molecular formula is C11H12N6OS. The van der Waals surface area contributed by atoms with Gasteiger partial charge >= 0.3 is 0 Å². The second-order valence-corrected chi connectivity index (χ2v) is 4.72. The summed E-state index contributed by atoms with van der Waals surface area (Å²) in [7, 11) is 0. The van der Waals surface area contributed by atoms with E-state index in [0.29, 0.717) is 17.2 Å². The lowest BCUT2D eigenvalue weighted by Gasteiger charge is -2.08. The van der Waals surface area contributed by atoms with Crippen LogP contribution < -0.4 is 11.1 Å². The minimum atomic E-state index is -0.313. The van der Waals surface area contributed by atoms with Crippen molar-refractivity contribution >= 4 is 17.2 Å². The molecule has 1 amide bonds. The summed E-state index contributed by atoms with van der Waals surface area (Å²) in [5, 5.41) is 16.2. The first-order valence-corrected chi connectivity index (χ1v) is 6.35. The summed E-state index contributed by atoms with van der Waals surface area (Å²) in [5.41, 5.74) is 5.29. The number of rotatable bonds is 3. The molecule has 2 rings (SSSR count). The van der Waals surface area contributed by atoms with Crippen molar-refractivity contribution in [2.75, 3.05) is 6.54 Å². The number of carbonyl (C=O) groups excluding carboxylic acids is 1. The van der Waals surface area contributed by atoms with E-state index >= 15 is 0 Å². The van der Waals surface area contributed by atoms with Gasteiger partial charge in [-0.15, -0.1) is 21.5 Å². The molecular weight excluding hydrogens is 264 g/mol. The fourth-order valence-electron chi connectivity index (χ4n) is 1.35. The van der Waals surface area contributed by atoms with Gasteiger partial charge in [0.05, 0.1) is 22.3 Å². The third kappa shape index (κ3) is 3.37. The van der Waals surface area contributed by atoms with Crippen LogP contribution in [0.5, 0.6) is 0 Å². The first-order valence-electron chi connectivity index (χ1n) is 5.53. The number of hydrogen-bond donors (Lipinski definition) is 3. The Balaban J connectivity index is 2.02. The molecule has 0 spiro atoms. The van der Waals surface area contributed by atoms with Gasteiger partial charge in [-0.05, 0) is 19.1 Å². The van der Waals surface area contributed by atoms with Gasteiger partial charge in [0, 0.05) is 0 Å². The van der Waals surface area contributed by atoms with Crippen molar-refractivity contribution in [3.05, 3.63) is 27.7 Å². The largest absolute Gasteiger partial charge is 0.341 e. The van der Waals surface area contributed by atoms with E-state index < -0.39 is 0 Å². The third-order valence-corrected chi connectivity index (χ3v) is 3.24. The summed E-state index contributed by atoms with van der Waals surface area (Å²) in [5.74, 6) is 5.87. The summed E-state index contributed by atoms with van der Waals surface area (Å²) in [6.45, 7) is 2.08. The number of aromatic nitrogens is 4. The fraction of sp³-hybridized carbons (Fsp3) is 0.273. The van der Waals surface area contributed by atoms with E-state index in [1.54, 1.807) is 19.1 Å². The van der Waals surface area contributed by atoms with Crippen LogP contribution in [0, 0.1) is 11.8 Å². The van der Waals surface area contributed by atoms with E-state index in [1.807, 2.05) is 0 Å². The van der Waals surface area contributed by atoms with Crippen molar-refractivity contribution in [2.24, 2.45) is 5.73 Å². The SMILES string of the molecule is CC(NC(=O)c1ccc(C#CCN)s1)c1nn[nH]n1. The molecule has 0 fully saturated rings. The molecule has 0 radical (unpaired) electrons. The van der Waals surface area contributed by atoms with Gasteiger partial charge in [0.2, 0.25) is 0 Å². The number of hydrogen-bond acceptors (Lipinski definition) is 6. The number of nitrogens with zero attached hydrogens (tertiary/aromatic N) is 3. The Hall–Kier alpha value is -2.24. The molecule has 0 aromatic carbocycles. The Labute approximate surface area is 113 Å². The number of aromatic amines is 1. The monoisotopic (exact) mass is 276 g/mol. The van der Waals surface area contributed by atoms with Crippen molar-refractivity contribution in [2.45, 2.75) is 13.0 Å². The van der Waals surface area contributed by atoms with E-state index in [-0.39, 0.29) is 11.9 Å². The average molecular weight is 276 g/mol. The van der Waals surface area contributed by atoms with Crippen LogP contribution in [0.4, 0.5) is 0 Å². The lowest BCUT2D eigenvalue weighted by molar-refractivity contribution is 0.0942. The molecule has 0 aliphatic heterocycles. The molecule has 2 aromatic heterocycles. The Morgan fingerprint density at radius 3 is 3.16 bits per heavy atom. The maximum Gasteiger partial charge on any atom is 0.261 e. The zero-order valence-corrected chi connectivity index (χ0v) is 11.0. The molecule has 2 heterocycles. The lowest BCUT2D eigenvalue weighted by Crippen LogP contribution is -2.26. The van der Waals surface area contributed by atoms with E-state index in [0.717, 1.165) is 4.88 Å². The minimum Gasteiger partial charge on any atom is -0.341 e. The first kappa shape index (κ1) is 13.2. The molecule has 19 heavy (non-hydrogen) atoms. The smallest absolute Gasteiger partial charge is 0.261 e. The molecule has 1 atom stereocenters. The predicted molar refractivity (Wildman–Crippen MR) is 70.3 cm³/mol. The van der Waals surface area contributed by atoms with Gasteiger partial charge < -0.3 is 11.1 Å². The quantitative estimate of drug-likeness (QED) is 0.687. The van der Waals surface area contributed by atoms with E-state index in [2.05, 4.69) is 37.8 Å². The number of thiophene rings is 1. The molecule has 98 valence electrons. The Kier molecular flexibility index (Phi) is 4.22. The molecule has 0 saturated heterocycles. The zero-order chi connectivity index (χ0) is 13.7. The molecule has 0 aliphatic rings. The van der Waals surface area contributed by atoms with Gasteiger partial charge in [-0.2, -0.15) is 5.21 Å². The second-order valence-electron chi connectivity index (χ2n) is 3.63. The van der Waals surface area contributed by atoms with E-state index in [1.165, 1.54) is 11.3 Å². The highest BCUT2D eigenvalue weighted by Crippen LogP contribution is 2.16. The molecule has 1 unspecified atom stereocenters. The summed E-state index contributed by atoms with van der Waals surface area (Å²) >= 11 is 1.31. The van der Waals surface area contributed by atoms with Crippen LogP contribution in [0.15, 0.2) is 12.1 Å². The molecule has 0 bridgehead atoms. The highest BCUT2D eigenvalue weighted by Gasteiger charge is 2.15. The van der Waals surface area contributed by atoms with Crippen LogP contribution in [-0.4, -0.2) is 33.1 Å². The fourth-order valence-corrected chi connectivity index (χ4v) is 2.13. The molecule has 4 N–H and O–H groups in total. The van der Waals surface area contributed by atoms with E-state index in [9.17, 15) is 4.79 Å². The third-order valence-electron chi connectivity index (χ3n) is 2.24. The van der Waals surface area contributed by atoms with Crippen LogP contribution in [0.2, 0.25) is 0 Å². The first-order chi connectivity index (χ1) is 9.20. The number of nitrogens with one attached hydrogen (secondary N) is 2. The molecule has 7 nitrogen and oxygen atoms in total. The Morgan fingerprint density at radius 1 is 1.63 bits per heavy atom. The lowest BCUT2D eigenvalue weighted by atomic mass is 10.3. The van der Waals surface area contributed by atoms with Gasteiger partial charge in [-0.1, -0.05) is 17.1 Å². The topological polar surface area (TPSA) is 110 Å². The van der Waals surface area contributed by atoms with Crippen molar-refractivity contribution in [3.8, 4) is 11.8 Å². The second kappa shape index (κ2) is 6.08. The molecule has 0 aliphatic carbocycles. The Bertz CT molecular complexity index is 609. The van der Waals surface area contributed by atoms with Gasteiger partial charge in [0.25, 0.3) is 5.91 Å². The van der Waals surface area contributed by atoms with Crippen LogP contribution in [0.25, 0.3) is 0 Å². The number of tetrazole rings is 1. The minimum absolute atomic E-state index is 0.192. The number of nitrogens with two attached hydrogens (primary N) is 1. The molecule has 2 aromatic rings. The van der Waals surface area contributed by atoms with Crippen molar-refractivity contribution in [1.82, 2.24) is 25.9 Å². The number of carbonyl (C=O) groups is 1. The van der Waals surface area contributed by atoms with Crippen molar-refractivity contribution in [1.29, 1.82) is 0 Å². The predicted octanol–water partition coefficient (Wildman–Crippen LogP) is 0.0624. The maximum absolute atomic E-state index is 12.0. The average Bonchev–Trinajstić information content (AvgIpc) is 3.07. The van der Waals surface area contributed by atoms with Crippen LogP contribution >= 0.6 is 11.3 Å².